The van der Waals surface area contributed by atoms with Gasteiger partial charge in [-0.2, -0.15) is 10.5 Å². The summed E-state index contributed by atoms with van der Waals surface area (Å²) in [7, 11) is 0. The molecule has 3 aromatic carbocycles. The van der Waals surface area contributed by atoms with Crippen LogP contribution >= 0.6 is 0 Å². The van der Waals surface area contributed by atoms with Crippen LogP contribution in [-0.4, -0.2) is 36.5 Å². The maximum absolute atomic E-state index is 13.2. The summed E-state index contributed by atoms with van der Waals surface area (Å²) in [6, 6.07) is 22.9. The van der Waals surface area contributed by atoms with Crippen molar-refractivity contribution in [2.45, 2.75) is 32.2 Å². The lowest BCUT2D eigenvalue weighted by atomic mass is 10.0. The molecule has 1 saturated heterocycles. The van der Waals surface area contributed by atoms with Gasteiger partial charge in [0.1, 0.15) is 23.0 Å². The fraction of sp³-hybridized carbons (Fsp3) is 0.276. The second kappa shape index (κ2) is 11.9. The molecule has 0 spiro atoms. The molecule has 1 heterocycles. The van der Waals surface area contributed by atoms with Crippen molar-refractivity contribution in [3.8, 4) is 35.1 Å². The van der Waals surface area contributed by atoms with Crippen LogP contribution in [0, 0.1) is 22.7 Å². The van der Waals surface area contributed by atoms with Gasteiger partial charge in [0.15, 0.2) is 0 Å². The summed E-state index contributed by atoms with van der Waals surface area (Å²) < 4.78 is 12.0. The predicted molar refractivity (Wildman–Crippen MR) is 136 cm³/mol. The van der Waals surface area contributed by atoms with E-state index in [1.54, 1.807) is 66.7 Å². The summed E-state index contributed by atoms with van der Waals surface area (Å²) >= 11 is 0. The van der Waals surface area contributed by atoms with E-state index >= 15 is 0 Å². The maximum Gasteiger partial charge on any atom is 0.251 e. The number of carbonyl (C=O) groups is 1. The summed E-state index contributed by atoms with van der Waals surface area (Å²) in [5.74, 6) is 1.78. The van der Waals surface area contributed by atoms with Gasteiger partial charge in [-0.1, -0.05) is 6.92 Å². The Hall–Kier alpha value is -4.33. The van der Waals surface area contributed by atoms with Crippen molar-refractivity contribution >= 4 is 5.91 Å². The molecule has 0 radical (unpaired) electrons. The fourth-order valence-corrected chi connectivity index (χ4v) is 4.17. The third kappa shape index (κ3) is 6.63. The molecule has 3 aromatic rings. The quantitative estimate of drug-likeness (QED) is 0.449. The Morgan fingerprint density at radius 2 is 1.36 bits per heavy atom. The van der Waals surface area contributed by atoms with E-state index in [1.165, 1.54) is 0 Å². The van der Waals surface area contributed by atoms with E-state index in [-0.39, 0.29) is 11.9 Å². The predicted octanol–water partition coefficient (Wildman–Crippen LogP) is 5.62. The first-order chi connectivity index (χ1) is 17.6. The van der Waals surface area contributed by atoms with Crippen LogP contribution in [0.2, 0.25) is 0 Å². The normalized spacial score (nSPS) is 13.9. The van der Waals surface area contributed by atoms with Crippen molar-refractivity contribution in [3.63, 3.8) is 0 Å². The van der Waals surface area contributed by atoms with Crippen LogP contribution < -0.4 is 14.8 Å². The summed E-state index contributed by atoms with van der Waals surface area (Å²) in [4.78, 5) is 15.6. The molecule has 4 rings (SSSR count). The number of nitriles is 2. The van der Waals surface area contributed by atoms with Crippen LogP contribution in [0.25, 0.3) is 0 Å². The average molecular weight is 481 g/mol. The molecule has 1 fully saturated rings. The number of nitrogens with zero attached hydrogens (tertiary/aromatic N) is 3. The Bertz CT molecular complexity index is 1190. The van der Waals surface area contributed by atoms with Gasteiger partial charge in [-0.05, 0) is 86.5 Å². The van der Waals surface area contributed by atoms with Crippen LogP contribution in [0.1, 0.15) is 47.7 Å². The highest BCUT2D eigenvalue weighted by Gasteiger charge is 2.21. The zero-order chi connectivity index (χ0) is 25.3. The highest BCUT2D eigenvalue weighted by atomic mass is 16.5. The molecule has 0 aliphatic carbocycles. The first kappa shape index (κ1) is 24.8. The SMILES string of the molecule is CCCN1CCC(NC(=O)c2cc(Oc3ccc(C#N)cc3)cc(Oc3ccc(C#N)cc3)c2)CC1. The highest BCUT2D eigenvalue weighted by molar-refractivity contribution is 5.95. The number of ether oxygens (including phenoxy) is 2. The largest absolute Gasteiger partial charge is 0.457 e. The maximum atomic E-state index is 13.2. The molecule has 1 aliphatic heterocycles. The van der Waals surface area contributed by atoms with E-state index in [2.05, 4.69) is 29.3 Å². The summed E-state index contributed by atoms with van der Waals surface area (Å²) in [6.07, 6.45) is 2.97. The molecule has 0 atom stereocenters. The Labute approximate surface area is 211 Å². The van der Waals surface area contributed by atoms with Gasteiger partial charge in [-0.15, -0.1) is 0 Å². The first-order valence-corrected chi connectivity index (χ1v) is 12.1. The second-order valence-electron chi connectivity index (χ2n) is 8.76. The van der Waals surface area contributed by atoms with E-state index in [1.807, 2.05) is 0 Å². The van der Waals surface area contributed by atoms with Crippen LogP contribution in [0.5, 0.6) is 23.0 Å². The van der Waals surface area contributed by atoms with E-state index in [0.717, 1.165) is 38.9 Å². The molecule has 36 heavy (non-hydrogen) atoms. The molecule has 0 aromatic heterocycles. The van der Waals surface area contributed by atoms with Crippen molar-refractivity contribution in [2.75, 3.05) is 19.6 Å². The highest BCUT2D eigenvalue weighted by Crippen LogP contribution is 2.31. The first-order valence-electron chi connectivity index (χ1n) is 12.1. The van der Waals surface area contributed by atoms with Crippen LogP contribution in [0.15, 0.2) is 66.7 Å². The Kier molecular flexibility index (Phi) is 8.18. The number of piperidine rings is 1. The number of hydrogen-bond donors (Lipinski definition) is 1. The molecule has 0 saturated carbocycles. The average Bonchev–Trinajstić information content (AvgIpc) is 2.91. The van der Waals surface area contributed by atoms with Gasteiger partial charge in [-0.3, -0.25) is 4.79 Å². The second-order valence-corrected chi connectivity index (χ2v) is 8.76. The number of hydrogen-bond acceptors (Lipinski definition) is 6. The number of carbonyl (C=O) groups excluding carboxylic acids is 1. The molecule has 182 valence electrons. The van der Waals surface area contributed by atoms with Crippen molar-refractivity contribution in [1.29, 1.82) is 10.5 Å². The Balaban J connectivity index is 1.54. The third-order valence-electron chi connectivity index (χ3n) is 6.04. The minimum atomic E-state index is -0.182. The molecule has 0 unspecified atom stereocenters. The Morgan fingerprint density at radius 3 is 1.81 bits per heavy atom. The van der Waals surface area contributed by atoms with Gasteiger partial charge < -0.3 is 19.7 Å². The Morgan fingerprint density at radius 1 is 0.861 bits per heavy atom. The summed E-state index contributed by atoms with van der Waals surface area (Å²) in [6.45, 7) is 5.23. The van der Waals surface area contributed by atoms with Crippen LogP contribution in [-0.2, 0) is 0 Å². The molecule has 1 aliphatic rings. The van der Waals surface area contributed by atoms with Gasteiger partial charge in [0.2, 0.25) is 0 Å². The van der Waals surface area contributed by atoms with Gasteiger partial charge >= 0.3 is 0 Å². The van der Waals surface area contributed by atoms with Crippen LogP contribution in [0.4, 0.5) is 0 Å². The van der Waals surface area contributed by atoms with Crippen LogP contribution in [0.3, 0.4) is 0 Å². The third-order valence-corrected chi connectivity index (χ3v) is 6.04. The number of rotatable bonds is 8. The molecule has 0 bridgehead atoms. The number of likely N-dealkylation sites (tertiary alicyclic amines) is 1. The van der Waals surface area contributed by atoms with Crippen molar-refractivity contribution in [2.24, 2.45) is 0 Å². The van der Waals surface area contributed by atoms with E-state index in [0.29, 0.717) is 39.7 Å². The minimum absolute atomic E-state index is 0.122. The number of benzene rings is 3. The molecule has 7 nitrogen and oxygen atoms in total. The van der Waals surface area contributed by atoms with Gasteiger partial charge in [0.05, 0.1) is 23.3 Å². The van der Waals surface area contributed by atoms with Crippen molar-refractivity contribution in [3.05, 3.63) is 83.4 Å². The van der Waals surface area contributed by atoms with E-state index in [4.69, 9.17) is 20.0 Å². The van der Waals surface area contributed by atoms with Crippen molar-refractivity contribution in [1.82, 2.24) is 10.2 Å². The van der Waals surface area contributed by atoms with Gasteiger partial charge in [0.25, 0.3) is 5.91 Å². The monoisotopic (exact) mass is 480 g/mol. The van der Waals surface area contributed by atoms with Gasteiger partial charge in [0, 0.05) is 30.8 Å². The standard InChI is InChI=1S/C29H28N4O3/c1-2-13-33-14-11-24(12-15-33)32-29(34)23-16-27(35-25-7-3-21(19-30)4-8-25)18-28(17-23)36-26-9-5-22(20-31)6-10-26/h3-10,16-18,24H,2,11-15H2,1H3,(H,32,34). The minimum Gasteiger partial charge on any atom is -0.457 e. The zero-order valence-corrected chi connectivity index (χ0v) is 20.2. The molecular formula is C29H28N4O3. The van der Waals surface area contributed by atoms with Crippen molar-refractivity contribution < 1.29 is 14.3 Å². The zero-order valence-electron chi connectivity index (χ0n) is 20.2. The lowest BCUT2D eigenvalue weighted by Gasteiger charge is -2.32. The molecular weight excluding hydrogens is 452 g/mol. The number of amides is 1. The molecule has 7 heteroatoms. The van der Waals surface area contributed by atoms with Gasteiger partial charge in [-0.25, -0.2) is 0 Å². The number of nitrogens with one attached hydrogen (secondary N) is 1. The summed E-state index contributed by atoms with van der Waals surface area (Å²) in [5.41, 5.74) is 1.50. The topological polar surface area (TPSA) is 98.4 Å². The smallest absolute Gasteiger partial charge is 0.251 e. The summed E-state index contributed by atoms with van der Waals surface area (Å²) in [5, 5.41) is 21.2. The van der Waals surface area contributed by atoms with E-state index < -0.39 is 0 Å². The van der Waals surface area contributed by atoms with E-state index in [9.17, 15) is 4.79 Å². The molecule has 1 N–H and O–H groups in total. The lowest BCUT2D eigenvalue weighted by molar-refractivity contribution is 0.0910. The lowest BCUT2D eigenvalue weighted by Crippen LogP contribution is -2.44. The molecule has 1 amide bonds. The fourth-order valence-electron chi connectivity index (χ4n) is 4.17.